The third-order valence-electron chi connectivity index (χ3n) is 3.36. The lowest BCUT2D eigenvalue weighted by Gasteiger charge is -2.35. The minimum absolute atomic E-state index is 0.244. The molecule has 1 heterocycles. The monoisotopic (exact) mass is 302 g/mol. The Kier molecular flexibility index (Phi) is 4.09. The van der Waals surface area contributed by atoms with Crippen LogP contribution < -0.4 is 0 Å². The van der Waals surface area contributed by atoms with Gasteiger partial charge in [0.1, 0.15) is 5.60 Å². The molecule has 2 rings (SSSR count). The van der Waals surface area contributed by atoms with Crippen molar-refractivity contribution in [3.63, 3.8) is 0 Å². The van der Waals surface area contributed by atoms with Crippen LogP contribution in [0.1, 0.15) is 43.5 Å². The third kappa shape index (κ3) is 3.19. The first kappa shape index (κ1) is 15.8. The van der Waals surface area contributed by atoms with Crippen molar-refractivity contribution in [3.8, 4) is 6.07 Å². The van der Waals surface area contributed by atoms with Gasteiger partial charge in [0.2, 0.25) is 0 Å². The van der Waals surface area contributed by atoms with Crippen LogP contribution in [0.3, 0.4) is 0 Å². The Hall–Kier alpha value is -2.55. The number of nitrogens with zero attached hydrogens (tertiary/aromatic N) is 2. The van der Waals surface area contributed by atoms with Crippen molar-refractivity contribution < 1.29 is 19.4 Å². The Morgan fingerprint density at radius 3 is 2.64 bits per heavy atom. The van der Waals surface area contributed by atoms with Crippen LogP contribution >= 0.6 is 0 Å². The number of rotatable bonds is 1. The molecule has 1 N–H and O–H groups in total. The molecule has 1 atom stereocenters. The molecule has 6 nitrogen and oxygen atoms in total. The van der Waals surface area contributed by atoms with Crippen molar-refractivity contribution in [3.05, 3.63) is 34.9 Å². The molecule has 1 aliphatic heterocycles. The van der Waals surface area contributed by atoms with Crippen LogP contribution in [0.25, 0.3) is 0 Å². The fraction of sp³-hybridized carbons (Fsp3) is 0.438. The first-order chi connectivity index (χ1) is 10.2. The quantitative estimate of drug-likeness (QED) is 0.860. The van der Waals surface area contributed by atoms with Gasteiger partial charge in [-0.05, 0) is 50.5 Å². The number of amides is 1. The van der Waals surface area contributed by atoms with E-state index in [1.54, 1.807) is 39.0 Å². The summed E-state index contributed by atoms with van der Waals surface area (Å²) in [4.78, 5) is 25.1. The van der Waals surface area contributed by atoms with Gasteiger partial charge >= 0.3 is 12.1 Å². The van der Waals surface area contributed by atoms with Gasteiger partial charge in [-0.1, -0.05) is 6.07 Å². The van der Waals surface area contributed by atoms with Crippen molar-refractivity contribution in [1.82, 2.24) is 4.90 Å². The molecule has 1 aromatic rings. The molecule has 22 heavy (non-hydrogen) atoms. The van der Waals surface area contributed by atoms with Gasteiger partial charge < -0.3 is 9.84 Å². The molecule has 0 radical (unpaired) electrons. The highest BCUT2D eigenvalue weighted by Gasteiger charge is 2.38. The summed E-state index contributed by atoms with van der Waals surface area (Å²) in [6.07, 6.45) is -0.150. The van der Waals surface area contributed by atoms with E-state index in [0.717, 1.165) is 5.56 Å². The Balaban J connectivity index is 2.37. The molecule has 1 aliphatic rings. The predicted molar refractivity (Wildman–Crippen MR) is 78.2 cm³/mol. The topological polar surface area (TPSA) is 90.6 Å². The summed E-state index contributed by atoms with van der Waals surface area (Å²) in [5, 5.41) is 18.4. The first-order valence-corrected chi connectivity index (χ1v) is 6.98. The molecule has 0 saturated carbocycles. The molecule has 0 saturated heterocycles. The summed E-state index contributed by atoms with van der Waals surface area (Å²) in [7, 11) is 0. The largest absolute Gasteiger partial charge is 0.479 e. The molecule has 116 valence electrons. The fourth-order valence-corrected chi connectivity index (χ4v) is 2.48. The number of carbonyl (C=O) groups excluding carboxylic acids is 1. The molecule has 0 spiro atoms. The summed E-state index contributed by atoms with van der Waals surface area (Å²) in [5.41, 5.74) is 1.11. The highest BCUT2D eigenvalue weighted by Crippen LogP contribution is 2.31. The van der Waals surface area contributed by atoms with E-state index in [1.165, 1.54) is 4.90 Å². The average molecular weight is 302 g/mol. The molecule has 1 aromatic carbocycles. The Labute approximate surface area is 128 Å². The Bertz CT molecular complexity index is 655. The third-order valence-corrected chi connectivity index (χ3v) is 3.36. The zero-order valence-corrected chi connectivity index (χ0v) is 12.8. The van der Waals surface area contributed by atoms with Gasteiger partial charge in [-0.15, -0.1) is 0 Å². The number of aliphatic carboxylic acids is 1. The van der Waals surface area contributed by atoms with Gasteiger partial charge in [-0.3, -0.25) is 4.90 Å². The van der Waals surface area contributed by atoms with Crippen molar-refractivity contribution in [2.45, 2.75) is 38.8 Å². The van der Waals surface area contributed by atoms with Crippen molar-refractivity contribution in [2.24, 2.45) is 0 Å². The average Bonchev–Trinajstić information content (AvgIpc) is 2.43. The number of carboxylic acid groups (broad SMARTS) is 1. The van der Waals surface area contributed by atoms with E-state index in [4.69, 9.17) is 10.00 Å². The van der Waals surface area contributed by atoms with Gasteiger partial charge in [-0.25, -0.2) is 9.59 Å². The van der Waals surface area contributed by atoms with Crippen LogP contribution in [0.5, 0.6) is 0 Å². The number of hydrogen-bond donors (Lipinski definition) is 1. The minimum atomic E-state index is -1.11. The molecule has 0 aromatic heterocycles. The molecular formula is C16H18N2O4. The normalized spacial score (nSPS) is 17.4. The van der Waals surface area contributed by atoms with Crippen LogP contribution in [0, 0.1) is 11.3 Å². The maximum atomic E-state index is 12.2. The molecule has 1 amide bonds. The van der Waals surface area contributed by atoms with Crippen molar-refractivity contribution in [1.29, 1.82) is 5.26 Å². The maximum Gasteiger partial charge on any atom is 0.411 e. The van der Waals surface area contributed by atoms with Gasteiger partial charge in [-0.2, -0.15) is 5.26 Å². The summed E-state index contributed by atoms with van der Waals surface area (Å²) in [6.45, 7) is 5.45. The van der Waals surface area contributed by atoms with Gasteiger partial charge in [0.25, 0.3) is 0 Å². The molecule has 6 heteroatoms. The summed E-state index contributed by atoms with van der Waals surface area (Å²) >= 11 is 0. The number of hydrogen-bond acceptors (Lipinski definition) is 4. The standard InChI is InChI=1S/C16H18N2O4/c1-16(2,3)22-15(21)18-7-6-11-8-10(9-17)4-5-12(11)13(18)14(19)20/h4-5,8,13H,6-7H2,1-3H3,(H,19,20)/t13-/m1/s1. The number of fused-ring (bicyclic) bond motifs is 1. The maximum absolute atomic E-state index is 12.2. The fourth-order valence-electron chi connectivity index (χ4n) is 2.48. The van der Waals surface area contributed by atoms with Crippen molar-refractivity contribution in [2.75, 3.05) is 6.54 Å². The van der Waals surface area contributed by atoms with Crippen LogP contribution in [0.4, 0.5) is 4.79 Å². The molecule has 0 aliphatic carbocycles. The smallest absolute Gasteiger partial charge is 0.411 e. The van der Waals surface area contributed by atoms with Crippen LogP contribution in [-0.4, -0.2) is 34.2 Å². The highest BCUT2D eigenvalue weighted by atomic mass is 16.6. The van der Waals surface area contributed by atoms with Gasteiger partial charge in [0, 0.05) is 6.54 Å². The second kappa shape index (κ2) is 5.68. The van der Waals surface area contributed by atoms with E-state index in [9.17, 15) is 14.7 Å². The zero-order chi connectivity index (χ0) is 16.5. The predicted octanol–water partition coefficient (Wildman–Crippen LogP) is 2.48. The number of carboxylic acids is 1. The van der Waals surface area contributed by atoms with E-state index in [0.29, 0.717) is 17.5 Å². The lowest BCUT2D eigenvalue weighted by atomic mass is 9.91. The van der Waals surface area contributed by atoms with E-state index >= 15 is 0 Å². The molecule has 0 unspecified atom stereocenters. The number of nitriles is 1. The number of ether oxygens (including phenoxy) is 1. The van der Waals surface area contributed by atoms with E-state index in [-0.39, 0.29) is 6.54 Å². The van der Waals surface area contributed by atoms with Gasteiger partial charge in [0.15, 0.2) is 6.04 Å². The molecular weight excluding hydrogens is 284 g/mol. The second-order valence-electron chi connectivity index (χ2n) is 6.19. The summed E-state index contributed by atoms with van der Waals surface area (Å²) in [5.74, 6) is -1.11. The number of carbonyl (C=O) groups is 2. The minimum Gasteiger partial charge on any atom is -0.479 e. The van der Waals surface area contributed by atoms with Crippen molar-refractivity contribution >= 4 is 12.1 Å². The van der Waals surface area contributed by atoms with E-state index in [1.807, 2.05) is 6.07 Å². The lowest BCUT2D eigenvalue weighted by molar-refractivity contribution is -0.143. The summed E-state index contributed by atoms with van der Waals surface area (Å²) < 4.78 is 5.29. The second-order valence-corrected chi connectivity index (χ2v) is 6.19. The number of benzene rings is 1. The SMILES string of the molecule is CC(C)(C)OC(=O)N1CCc2cc(C#N)ccc2[C@@H]1C(=O)O. The zero-order valence-electron chi connectivity index (χ0n) is 12.8. The first-order valence-electron chi connectivity index (χ1n) is 6.98. The van der Waals surface area contributed by atoms with Crippen LogP contribution in [-0.2, 0) is 16.0 Å². The van der Waals surface area contributed by atoms with E-state index < -0.39 is 23.7 Å². The Morgan fingerprint density at radius 1 is 1.41 bits per heavy atom. The van der Waals surface area contributed by atoms with Crippen LogP contribution in [0.2, 0.25) is 0 Å². The lowest BCUT2D eigenvalue weighted by Crippen LogP contribution is -2.45. The van der Waals surface area contributed by atoms with E-state index in [2.05, 4.69) is 0 Å². The van der Waals surface area contributed by atoms with Crippen LogP contribution in [0.15, 0.2) is 18.2 Å². The molecule has 0 fully saturated rings. The molecule has 0 bridgehead atoms. The van der Waals surface area contributed by atoms with Gasteiger partial charge in [0.05, 0.1) is 11.6 Å². The Morgan fingerprint density at radius 2 is 2.09 bits per heavy atom. The summed E-state index contributed by atoms with van der Waals surface area (Å²) in [6, 6.07) is 5.78. The highest BCUT2D eigenvalue weighted by molar-refractivity contribution is 5.82.